The van der Waals surface area contributed by atoms with Gasteiger partial charge in [-0.15, -0.1) is 11.3 Å². The highest BCUT2D eigenvalue weighted by atomic mass is 35.5. The van der Waals surface area contributed by atoms with E-state index in [0.717, 1.165) is 26.5 Å². The first-order valence-electron chi connectivity index (χ1n) is 10.7. The van der Waals surface area contributed by atoms with Gasteiger partial charge in [-0.3, -0.25) is 0 Å². The normalized spacial score (nSPS) is 13.2. The fourth-order valence-electron chi connectivity index (χ4n) is 4.40. The van der Waals surface area contributed by atoms with Gasteiger partial charge in [0.2, 0.25) is 5.88 Å². The first-order chi connectivity index (χ1) is 16.3. The van der Waals surface area contributed by atoms with Crippen molar-refractivity contribution in [3.05, 3.63) is 92.9 Å². The molecule has 0 saturated heterocycles. The summed E-state index contributed by atoms with van der Waals surface area (Å²) in [5.41, 5.74) is 2.89. The Hall–Kier alpha value is -3.26. The molecular formula is C26H23ClN4O2S. The lowest BCUT2D eigenvalue weighted by molar-refractivity contribution is 0.120. The molecule has 0 aliphatic carbocycles. The third-order valence-electron chi connectivity index (χ3n) is 5.98. The Labute approximate surface area is 206 Å². The Bertz CT molecular complexity index is 1510. The van der Waals surface area contributed by atoms with Crippen LogP contribution in [0.2, 0.25) is 5.02 Å². The van der Waals surface area contributed by atoms with Crippen LogP contribution in [0.4, 0.5) is 0 Å². The molecule has 0 fully saturated rings. The van der Waals surface area contributed by atoms with Crippen molar-refractivity contribution in [3.8, 4) is 17.0 Å². The average molecular weight is 491 g/mol. The molecule has 2 aromatic carbocycles. The van der Waals surface area contributed by atoms with Gasteiger partial charge in [0.25, 0.3) is 0 Å². The summed E-state index contributed by atoms with van der Waals surface area (Å²) in [6, 6.07) is 15.4. The van der Waals surface area contributed by atoms with E-state index in [4.69, 9.17) is 21.3 Å². The van der Waals surface area contributed by atoms with E-state index in [-0.39, 0.29) is 0 Å². The third kappa shape index (κ3) is 3.48. The molecule has 1 N–H and O–H groups in total. The van der Waals surface area contributed by atoms with E-state index in [1.54, 1.807) is 19.6 Å². The van der Waals surface area contributed by atoms with Gasteiger partial charge >= 0.3 is 0 Å². The van der Waals surface area contributed by atoms with Crippen molar-refractivity contribution in [2.45, 2.75) is 19.4 Å². The molecule has 3 aromatic heterocycles. The number of fused-ring (bicyclic) bond motifs is 1. The predicted octanol–water partition coefficient (Wildman–Crippen LogP) is 5.65. The topological polar surface area (TPSA) is 73.1 Å². The first-order valence-corrected chi connectivity index (χ1v) is 11.9. The second kappa shape index (κ2) is 8.51. The number of hydrogen-bond donors (Lipinski definition) is 1. The molecule has 34 heavy (non-hydrogen) atoms. The Morgan fingerprint density at radius 1 is 1.09 bits per heavy atom. The number of benzene rings is 2. The highest BCUT2D eigenvalue weighted by Crippen LogP contribution is 2.44. The highest BCUT2D eigenvalue weighted by Gasteiger charge is 2.40. The van der Waals surface area contributed by atoms with Crippen LogP contribution < -0.4 is 4.74 Å². The number of rotatable bonds is 5. The van der Waals surface area contributed by atoms with Crippen molar-refractivity contribution in [1.82, 2.24) is 19.5 Å². The monoisotopic (exact) mass is 490 g/mol. The maximum Gasteiger partial charge on any atom is 0.223 e. The van der Waals surface area contributed by atoms with Crippen LogP contribution in [-0.2, 0) is 12.6 Å². The number of hydrogen-bond acceptors (Lipinski definition) is 6. The number of imidazole rings is 1. The molecule has 3 heterocycles. The summed E-state index contributed by atoms with van der Waals surface area (Å²) in [5.74, 6) is 0.451. The molecule has 172 valence electrons. The molecule has 5 rings (SSSR count). The summed E-state index contributed by atoms with van der Waals surface area (Å²) in [4.78, 5) is 14.3. The van der Waals surface area contributed by atoms with Crippen LogP contribution in [0.5, 0.6) is 5.88 Å². The zero-order valence-corrected chi connectivity index (χ0v) is 20.8. The number of aliphatic hydroxyl groups is 1. The molecular weight excluding hydrogens is 468 g/mol. The Morgan fingerprint density at radius 2 is 1.85 bits per heavy atom. The number of aromatic nitrogens is 4. The van der Waals surface area contributed by atoms with Gasteiger partial charge in [0, 0.05) is 12.4 Å². The van der Waals surface area contributed by atoms with Crippen LogP contribution in [0.1, 0.15) is 26.8 Å². The Morgan fingerprint density at radius 3 is 2.47 bits per heavy atom. The van der Waals surface area contributed by atoms with E-state index in [1.807, 2.05) is 74.0 Å². The van der Waals surface area contributed by atoms with Crippen LogP contribution in [0.3, 0.4) is 0 Å². The van der Waals surface area contributed by atoms with Crippen LogP contribution >= 0.6 is 22.9 Å². The number of aryl methyl sites for hydroxylation is 3. The molecule has 0 bridgehead atoms. The van der Waals surface area contributed by atoms with E-state index in [0.29, 0.717) is 33.2 Å². The fraction of sp³-hybridized carbons (Fsp3) is 0.192. The molecule has 8 heteroatoms. The summed E-state index contributed by atoms with van der Waals surface area (Å²) < 4.78 is 7.41. The van der Waals surface area contributed by atoms with Gasteiger partial charge in [-0.25, -0.2) is 15.0 Å². The second-order valence-electron chi connectivity index (χ2n) is 8.16. The summed E-state index contributed by atoms with van der Waals surface area (Å²) >= 11 is 8.46. The van der Waals surface area contributed by atoms with Crippen molar-refractivity contribution in [1.29, 1.82) is 0 Å². The molecule has 0 radical (unpaired) electrons. The lowest BCUT2D eigenvalue weighted by Gasteiger charge is -2.29. The van der Waals surface area contributed by atoms with E-state index in [1.165, 1.54) is 11.3 Å². The predicted molar refractivity (Wildman–Crippen MR) is 136 cm³/mol. The molecule has 0 aliphatic rings. The zero-order valence-electron chi connectivity index (χ0n) is 19.2. The van der Waals surface area contributed by atoms with Gasteiger partial charge in [-0.05, 0) is 37.1 Å². The zero-order chi connectivity index (χ0) is 24.0. The maximum absolute atomic E-state index is 12.3. The van der Waals surface area contributed by atoms with Crippen LogP contribution in [0.15, 0.2) is 61.1 Å². The first kappa shape index (κ1) is 22.5. The minimum Gasteiger partial charge on any atom is -0.480 e. The largest absolute Gasteiger partial charge is 0.480 e. The number of ether oxygens (including phenoxy) is 1. The minimum absolute atomic E-state index is 0.451. The van der Waals surface area contributed by atoms with Gasteiger partial charge < -0.3 is 14.4 Å². The van der Waals surface area contributed by atoms with Crippen molar-refractivity contribution in [2.75, 3.05) is 7.11 Å². The van der Waals surface area contributed by atoms with E-state index in [9.17, 15) is 5.11 Å². The smallest absolute Gasteiger partial charge is 0.223 e. The van der Waals surface area contributed by atoms with Crippen LogP contribution in [0, 0.1) is 13.8 Å². The number of nitrogens with zero attached hydrogens (tertiary/aromatic N) is 4. The average Bonchev–Trinajstić information content (AvgIpc) is 3.43. The maximum atomic E-state index is 12.3. The molecule has 1 unspecified atom stereocenters. The van der Waals surface area contributed by atoms with Gasteiger partial charge in [-0.1, -0.05) is 48.0 Å². The van der Waals surface area contributed by atoms with Gasteiger partial charge in [0.15, 0.2) is 5.60 Å². The molecule has 5 aromatic rings. The Balaban J connectivity index is 1.81. The molecule has 0 saturated carbocycles. The summed E-state index contributed by atoms with van der Waals surface area (Å²) in [6.45, 7) is 3.85. The fourth-order valence-corrected chi connectivity index (χ4v) is 5.78. The highest BCUT2D eigenvalue weighted by molar-refractivity contribution is 7.11. The van der Waals surface area contributed by atoms with Crippen molar-refractivity contribution in [2.24, 2.45) is 7.05 Å². The van der Waals surface area contributed by atoms with Gasteiger partial charge in [0.05, 0.1) is 57.0 Å². The van der Waals surface area contributed by atoms with Crippen molar-refractivity contribution < 1.29 is 9.84 Å². The van der Waals surface area contributed by atoms with Gasteiger partial charge in [-0.2, -0.15) is 0 Å². The second-order valence-corrected chi connectivity index (χ2v) is 9.74. The third-order valence-corrected chi connectivity index (χ3v) is 7.56. The molecule has 6 nitrogen and oxygen atoms in total. The summed E-state index contributed by atoms with van der Waals surface area (Å²) in [6.07, 6.45) is 3.36. The molecule has 0 amide bonds. The lowest BCUT2D eigenvalue weighted by Crippen LogP contribution is -2.31. The quantitative estimate of drug-likeness (QED) is 0.344. The SMILES string of the molecule is COc1nc2ccc(C(O)(c3sc(C)nc3C)c3cncn3C)cc2c(Cl)c1-c1ccccc1. The molecule has 0 aliphatic heterocycles. The number of halogens is 1. The van der Waals surface area contributed by atoms with Crippen LogP contribution in [-0.4, -0.2) is 31.7 Å². The van der Waals surface area contributed by atoms with E-state index in [2.05, 4.69) is 9.97 Å². The molecule has 0 spiro atoms. The number of methoxy groups -OCH3 is 1. The number of thiazole rings is 1. The standard InChI is InChI=1S/C26H23ClN4O2S/c1-15-24(34-16(2)29-15)26(32,21-13-28-14-31(21)3)18-10-11-20-19(12-18)23(27)22(25(30-20)33-4)17-8-6-5-7-9-17/h5-14,32H,1-4H3. The lowest BCUT2D eigenvalue weighted by atomic mass is 9.87. The van der Waals surface area contributed by atoms with Gasteiger partial charge in [0.1, 0.15) is 0 Å². The van der Waals surface area contributed by atoms with Crippen molar-refractivity contribution in [3.63, 3.8) is 0 Å². The molecule has 1 atom stereocenters. The minimum atomic E-state index is -1.47. The van der Waals surface area contributed by atoms with Crippen LogP contribution in [0.25, 0.3) is 22.0 Å². The van der Waals surface area contributed by atoms with E-state index < -0.39 is 5.60 Å². The van der Waals surface area contributed by atoms with E-state index >= 15 is 0 Å². The summed E-state index contributed by atoms with van der Waals surface area (Å²) in [5, 5.41) is 14.5. The van der Waals surface area contributed by atoms with Crippen molar-refractivity contribution >= 4 is 33.8 Å². The Kier molecular flexibility index (Phi) is 5.64. The summed E-state index contributed by atoms with van der Waals surface area (Å²) in [7, 11) is 3.45. The number of pyridine rings is 1.